The summed E-state index contributed by atoms with van der Waals surface area (Å²) in [6.45, 7) is 0.326. The highest BCUT2D eigenvalue weighted by Crippen LogP contribution is 2.22. The SMILES string of the molecule is O=C(NCCc1nc2cc(F)ccc2s1)c1cnc2sccn2c1=O. The molecule has 4 rings (SSSR count). The number of carbonyl (C=O) groups excluding carboxylic acids is 1. The molecule has 1 aromatic carbocycles. The standard InChI is InChI=1S/C16H11FN4O2S2/c17-9-1-2-12-11(7-9)20-13(25-12)3-4-18-14(22)10-8-19-16-21(15(10)23)5-6-24-16/h1-2,5-8H,3-4H2,(H,18,22). The van der Waals surface area contributed by atoms with Crippen LogP contribution in [0.25, 0.3) is 15.2 Å². The van der Waals surface area contributed by atoms with Crippen molar-refractivity contribution in [3.05, 3.63) is 62.7 Å². The summed E-state index contributed by atoms with van der Waals surface area (Å²) in [4.78, 5) is 33.4. The smallest absolute Gasteiger partial charge is 0.271 e. The van der Waals surface area contributed by atoms with Gasteiger partial charge >= 0.3 is 0 Å². The number of hydrogen-bond donors (Lipinski definition) is 1. The molecule has 25 heavy (non-hydrogen) atoms. The molecule has 0 atom stereocenters. The maximum atomic E-state index is 13.2. The summed E-state index contributed by atoms with van der Waals surface area (Å²) >= 11 is 2.78. The molecule has 126 valence electrons. The number of halogens is 1. The van der Waals surface area contributed by atoms with Crippen LogP contribution in [0.5, 0.6) is 0 Å². The maximum absolute atomic E-state index is 13.2. The van der Waals surface area contributed by atoms with Crippen LogP contribution >= 0.6 is 22.7 Å². The number of nitrogens with one attached hydrogen (secondary N) is 1. The molecule has 3 aromatic heterocycles. The van der Waals surface area contributed by atoms with Crippen LogP contribution in [0.1, 0.15) is 15.4 Å². The Kier molecular flexibility index (Phi) is 4.02. The van der Waals surface area contributed by atoms with Crippen LogP contribution in [0, 0.1) is 5.82 Å². The molecule has 6 nitrogen and oxygen atoms in total. The van der Waals surface area contributed by atoms with E-state index in [0.717, 1.165) is 9.71 Å². The molecule has 1 amide bonds. The number of aromatic nitrogens is 3. The van der Waals surface area contributed by atoms with E-state index in [2.05, 4.69) is 15.3 Å². The lowest BCUT2D eigenvalue weighted by atomic mass is 10.3. The third kappa shape index (κ3) is 3.03. The molecular formula is C16H11FN4O2S2. The number of fused-ring (bicyclic) bond motifs is 2. The average molecular weight is 374 g/mol. The summed E-state index contributed by atoms with van der Waals surface area (Å²) < 4.78 is 15.4. The molecule has 4 aromatic rings. The van der Waals surface area contributed by atoms with Crippen molar-refractivity contribution in [1.29, 1.82) is 0 Å². The van der Waals surface area contributed by atoms with Crippen molar-refractivity contribution in [3.8, 4) is 0 Å². The second-order valence-corrected chi connectivity index (χ2v) is 7.25. The fraction of sp³-hybridized carbons (Fsp3) is 0.125. The lowest BCUT2D eigenvalue weighted by Gasteiger charge is -2.03. The fourth-order valence-electron chi connectivity index (χ4n) is 2.41. The van der Waals surface area contributed by atoms with E-state index in [1.807, 2.05) is 0 Å². The second kappa shape index (κ2) is 6.34. The molecule has 0 radical (unpaired) electrons. The van der Waals surface area contributed by atoms with Gasteiger partial charge in [-0.25, -0.2) is 14.4 Å². The van der Waals surface area contributed by atoms with Gasteiger partial charge in [0.15, 0.2) is 4.96 Å². The molecule has 0 unspecified atom stereocenters. The molecule has 0 aliphatic carbocycles. The Morgan fingerprint density at radius 2 is 2.24 bits per heavy atom. The van der Waals surface area contributed by atoms with Gasteiger partial charge in [0.2, 0.25) is 0 Å². The summed E-state index contributed by atoms with van der Waals surface area (Å²) in [5.74, 6) is -0.792. The monoisotopic (exact) mass is 374 g/mol. The number of amides is 1. The minimum Gasteiger partial charge on any atom is -0.351 e. The van der Waals surface area contributed by atoms with E-state index >= 15 is 0 Å². The molecule has 3 heterocycles. The van der Waals surface area contributed by atoms with Gasteiger partial charge in [-0.2, -0.15) is 0 Å². The quantitative estimate of drug-likeness (QED) is 0.595. The molecule has 0 saturated carbocycles. The van der Waals surface area contributed by atoms with Crippen LogP contribution in [-0.4, -0.2) is 26.8 Å². The van der Waals surface area contributed by atoms with Gasteiger partial charge in [-0.1, -0.05) is 0 Å². The molecule has 0 spiro atoms. The first-order valence-electron chi connectivity index (χ1n) is 7.40. The predicted molar refractivity (Wildman–Crippen MR) is 95.0 cm³/mol. The van der Waals surface area contributed by atoms with E-state index in [-0.39, 0.29) is 16.9 Å². The van der Waals surface area contributed by atoms with E-state index in [4.69, 9.17) is 0 Å². The van der Waals surface area contributed by atoms with Gasteiger partial charge in [0, 0.05) is 36.8 Å². The summed E-state index contributed by atoms with van der Waals surface area (Å²) in [5, 5.41) is 5.24. The average Bonchev–Trinajstić information content (AvgIpc) is 3.21. The molecule has 0 saturated heterocycles. The van der Waals surface area contributed by atoms with Gasteiger partial charge in [0.1, 0.15) is 11.4 Å². The van der Waals surface area contributed by atoms with Crippen molar-refractivity contribution in [1.82, 2.24) is 19.7 Å². The highest BCUT2D eigenvalue weighted by Gasteiger charge is 2.13. The minimum atomic E-state index is -0.467. The Hall–Kier alpha value is -2.65. The van der Waals surface area contributed by atoms with Crippen molar-refractivity contribution in [2.75, 3.05) is 6.54 Å². The lowest BCUT2D eigenvalue weighted by molar-refractivity contribution is 0.0952. The van der Waals surface area contributed by atoms with Crippen LogP contribution in [-0.2, 0) is 6.42 Å². The molecule has 0 aliphatic rings. The number of hydrogen-bond acceptors (Lipinski definition) is 6. The summed E-state index contributed by atoms with van der Waals surface area (Å²) in [7, 11) is 0. The van der Waals surface area contributed by atoms with Crippen LogP contribution in [0.4, 0.5) is 4.39 Å². The van der Waals surface area contributed by atoms with Gasteiger partial charge in [-0.15, -0.1) is 22.7 Å². The Morgan fingerprint density at radius 3 is 3.12 bits per heavy atom. The Balaban J connectivity index is 1.45. The van der Waals surface area contributed by atoms with Gasteiger partial charge in [-0.3, -0.25) is 14.0 Å². The largest absolute Gasteiger partial charge is 0.351 e. The third-order valence-electron chi connectivity index (χ3n) is 3.61. The first-order valence-corrected chi connectivity index (χ1v) is 9.09. The van der Waals surface area contributed by atoms with Crippen molar-refractivity contribution < 1.29 is 9.18 Å². The predicted octanol–water partition coefficient (Wildman–Crippen LogP) is 2.48. The van der Waals surface area contributed by atoms with E-state index in [0.29, 0.717) is 23.4 Å². The molecule has 0 fully saturated rings. The third-order valence-corrected chi connectivity index (χ3v) is 5.47. The molecule has 0 aliphatic heterocycles. The maximum Gasteiger partial charge on any atom is 0.271 e. The van der Waals surface area contributed by atoms with Crippen LogP contribution in [0.3, 0.4) is 0 Å². The van der Waals surface area contributed by atoms with E-state index < -0.39 is 5.91 Å². The summed E-state index contributed by atoms with van der Waals surface area (Å²) in [5.41, 5.74) is 0.221. The lowest BCUT2D eigenvalue weighted by Crippen LogP contribution is -2.32. The Morgan fingerprint density at radius 1 is 1.36 bits per heavy atom. The number of thiazole rings is 2. The van der Waals surface area contributed by atoms with Gasteiger partial charge in [0.25, 0.3) is 11.5 Å². The Bertz CT molecular complexity index is 1150. The zero-order valence-electron chi connectivity index (χ0n) is 12.7. The van der Waals surface area contributed by atoms with Gasteiger partial charge < -0.3 is 5.32 Å². The van der Waals surface area contributed by atoms with Crippen molar-refractivity contribution in [2.45, 2.75) is 6.42 Å². The molecule has 1 N–H and O–H groups in total. The van der Waals surface area contributed by atoms with Crippen LogP contribution < -0.4 is 10.9 Å². The first kappa shape index (κ1) is 15.9. The molecular weight excluding hydrogens is 363 g/mol. The number of nitrogens with zero attached hydrogens (tertiary/aromatic N) is 3. The van der Waals surface area contributed by atoms with Crippen LogP contribution in [0.2, 0.25) is 0 Å². The van der Waals surface area contributed by atoms with Crippen molar-refractivity contribution in [3.63, 3.8) is 0 Å². The highest BCUT2D eigenvalue weighted by atomic mass is 32.1. The topological polar surface area (TPSA) is 76.4 Å². The van der Waals surface area contributed by atoms with Gasteiger partial charge in [-0.05, 0) is 12.1 Å². The van der Waals surface area contributed by atoms with E-state index in [1.165, 1.54) is 45.4 Å². The zero-order valence-corrected chi connectivity index (χ0v) is 14.4. The summed E-state index contributed by atoms with van der Waals surface area (Å²) in [6, 6.07) is 4.47. The fourth-order valence-corrected chi connectivity index (χ4v) is 4.04. The summed E-state index contributed by atoms with van der Waals surface area (Å²) in [6.07, 6.45) is 3.39. The number of rotatable bonds is 4. The highest BCUT2D eigenvalue weighted by molar-refractivity contribution is 7.18. The molecule has 9 heteroatoms. The van der Waals surface area contributed by atoms with E-state index in [9.17, 15) is 14.0 Å². The first-order chi connectivity index (χ1) is 12.1. The number of carbonyl (C=O) groups is 1. The Labute approximate surface area is 148 Å². The molecule has 0 bridgehead atoms. The van der Waals surface area contributed by atoms with E-state index in [1.54, 1.807) is 17.6 Å². The minimum absolute atomic E-state index is 0.00210. The van der Waals surface area contributed by atoms with Crippen molar-refractivity contribution in [2.24, 2.45) is 0 Å². The number of benzene rings is 1. The zero-order chi connectivity index (χ0) is 17.4. The van der Waals surface area contributed by atoms with Crippen LogP contribution in [0.15, 0.2) is 40.8 Å². The van der Waals surface area contributed by atoms with Gasteiger partial charge in [0.05, 0.1) is 15.2 Å². The second-order valence-electron chi connectivity index (χ2n) is 5.26. The normalized spacial score (nSPS) is 11.2. The van der Waals surface area contributed by atoms with Crippen molar-refractivity contribution >= 4 is 43.8 Å².